The van der Waals surface area contributed by atoms with Gasteiger partial charge in [0.2, 0.25) is 0 Å². The van der Waals surface area contributed by atoms with Gasteiger partial charge in [-0.1, -0.05) is 24.3 Å². The number of fused-ring (bicyclic) bond motifs is 1. The van der Waals surface area contributed by atoms with Crippen molar-refractivity contribution >= 4 is 5.91 Å². The number of hydrogen-bond acceptors (Lipinski definition) is 5. The molecule has 30 heavy (non-hydrogen) atoms. The van der Waals surface area contributed by atoms with Crippen LogP contribution in [0.2, 0.25) is 0 Å². The summed E-state index contributed by atoms with van der Waals surface area (Å²) >= 11 is 0. The van der Waals surface area contributed by atoms with Gasteiger partial charge in [0.05, 0.1) is 6.10 Å². The summed E-state index contributed by atoms with van der Waals surface area (Å²) in [7, 11) is 2.14. The van der Waals surface area contributed by atoms with Crippen LogP contribution in [0.25, 0.3) is 0 Å². The van der Waals surface area contributed by atoms with Crippen LogP contribution in [0.5, 0.6) is 0 Å². The van der Waals surface area contributed by atoms with Crippen LogP contribution in [0.15, 0.2) is 42.6 Å². The third kappa shape index (κ3) is 5.45. The highest BCUT2D eigenvalue weighted by Gasteiger charge is 2.21. The Hall–Kier alpha value is -2.28. The quantitative estimate of drug-likeness (QED) is 0.730. The lowest BCUT2D eigenvalue weighted by atomic mass is 10.00. The van der Waals surface area contributed by atoms with Gasteiger partial charge in [0.15, 0.2) is 0 Å². The van der Waals surface area contributed by atoms with E-state index in [0.717, 1.165) is 44.7 Å². The fraction of sp³-hybridized carbons (Fsp3) is 0.500. The molecule has 1 amide bonds. The monoisotopic (exact) mass is 408 g/mol. The lowest BCUT2D eigenvalue weighted by molar-refractivity contribution is 0.0841. The van der Waals surface area contributed by atoms with Crippen molar-refractivity contribution in [1.82, 2.24) is 20.1 Å². The minimum atomic E-state index is -0.588. The zero-order valence-corrected chi connectivity index (χ0v) is 17.8. The Morgan fingerprint density at radius 1 is 1.27 bits per heavy atom. The molecule has 6 nitrogen and oxygen atoms in total. The summed E-state index contributed by atoms with van der Waals surface area (Å²) in [6.07, 6.45) is 4.22. The van der Waals surface area contributed by atoms with Crippen molar-refractivity contribution in [3.8, 4) is 0 Å². The number of carbonyl (C=O) groups is 1. The molecular weight excluding hydrogens is 376 g/mol. The van der Waals surface area contributed by atoms with Crippen LogP contribution in [-0.2, 0) is 19.4 Å². The fourth-order valence-electron chi connectivity index (χ4n) is 4.60. The molecule has 2 aromatic rings. The first kappa shape index (κ1) is 21.0. The summed E-state index contributed by atoms with van der Waals surface area (Å²) in [5, 5.41) is 13.3. The summed E-state index contributed by atoms with van der Waals surface area (Å²) in [4.78, 5) is 21.6. The Morgan fingerprint density at radius 3 is 2.90 bits per heavy atom. The third-order valence-corrected chi connectivity index (χ3v) is 6.24. The van der Waals surface area contributed by atoms with Gasteiger partial charge in [-0.25, -0.2) is 0 Å². The van der Waals surface area contributed by atoms with Gasteiger partial charge >= 0.3 is 0 Å². The Morgan fingerprint density at radius 2 is 2.10 bits per heavy atom. The van der Waals surface area contributed by atoms with E-state index in [1.54, 1.807) is 12.3 Å². The number of β-amino-alcohol motifs (C(OH)–C–C–N with tert-alkyl or cyclic N) is 1. The van der Waals surface area contributed by atoms with E-state index < -0.39 is 6.10 Å². The smallest absolute Gasteiger partial charge is 0.251 e. The van der Waals surface area contributed by atoms with Gasteiger partial charge in [-0.15, -0.1) is 0 Å². The van der Waals surface area contributed by atoms with Crippen molar-refractivity contribution in [3.05, 3.63) is 65.0 Å². The predicted molar refractivity (Wildman–Crippen MR) is 117 cm³/mol. The summed E-state index contributed by atoms with van der Waals surface area (Å²) in [5.74, 6) is 0.461. The van der Waals surface area contributed by atoms with E-state index in [-0.39, 0.29) is 12.5 Å². The molecule has 1 saturated heterocycles. The largest absolute Gasteiger partial charge is 0.390 e. The molecule has 0 bridgehead atoms. The number of rotatable bonds is 7. The molecule has 160 valence electrons. The molecule has 0 radical (unpaired) electrons. The molecule has 2 aliphatic rings. The average Bonchev–Trinajstić information content (AvgIpc) is 3.16. The van der Waals surface area contributed by atoms with E-state index in [1.165, 1.54) is 17.5 Å². The van der Waals surface area contributed by atoms with Crippen LogP contribution in [-0.4, -0.2) is 71.7 Å². The first-order valence-corrected chi connectivity index (χ1v) is 11.0. The Bertz CT molecular complexity index is 872. The maximum absolute atomic E-state index is 12.6. The highest BCUT2D eigenvalue weighted by Crippen LogP contribution is 2.20. The van der Waals surface area contributed by atoms with Crippen molar-refractivity contribution in [2.75, 3.05) is 39.8 Å². The van der Waals surface area contributed by atoms with Crippen LogP contribution in [0.1, 0.15) is 33.6 Å². The molecule has 0 spiro atoms. The summed E-state index contributed by atoms with van der Waals surface area (Å²) in [5.41, 5.74) is 4.31. The zero-order valence-electron chi connectivity index (χ0n) is 17.8. The number of aliphatic hydroxyl groups excluding tert-OH is 1. The number of hydrogen-bond donors (Lipinski definition) is 2. The fourth-order valence-corrected chi connectivity index (χ4v) is 4.60. The molecule has 0 saturated carbocycles. The second-order valence-electron chi connectivity index (χ2n) is 8.77. The summed E-state index contributed by atoms with van der Waals surface area (Å²) in [6.45, 7) is 4.82. The first-order chi connectivity index (χ1) is 14.6. The molecule has 2 atom stereocenters. The van der Waals surface area contributed by atoms with E-state index in [1.807, 2.05) is 6.07 Å². The minimum Gasteiger partial charge on any atom is -0.390 e. The van der Waals surface area contributed by atoms with Crippen LogP contribution in [0, 0.1) is 5.92 Å². The van der Waals surface area contributed by atoms with E-state index in [0.29, 0.717) is 18.0 Å². The lowest BCUT2D eigenvalue weighted by Gasteiger charge is -2.30. The van der Waals surface area contributed by atoms with E-state index in [9.17, 15) is 9.90 Å². The van der Waals surface area contributed by atoms with Crippen molar-refractivity contribution in [2.45, 2.75) is 31.9 Å². The second kappa shape index (κ2) is 9.69. The van der Waals surface area contributed by atoms with Crippen LogP contribution < -0.4 is 5.32 Å². The maximum Gasteiger partial charge on any atom is 0.251 e. The lowest BCUT2D eigenvalue weighted by Crippen LogP contribution is -2.42. The minimum absolute atomic E-state index is 0.148. The van der Waals surface area contributed by atoms with Crippen molar-refractivity contribution < 1.29 is 9.90 Å². The Balaban J connectivity index is 1.25. The summed E-state index contributed by atoms with van der Waals surface area (Å²) in [6, 6.07) is 12.1. The van der Waals surface area contributed by atoms with E-state index in [2.05, 4.69) is 51.4 Å². The number of benzene rings is 1. The third-order valence-electron chi connectivity index (χ3n) is 6.24. The number of amides is 1. The molecule has 2 aliphatic heterocycles. The van der Waals surface area contributed by atoms with Gasteiger partial charge in [-0.2, -0.15) is 0 Å². The number of likely N-dealkylation sites (tertiary alicyclic amines) is 1. The first-order valence-electron chi connectivity index (χ1n) is 11.0. The van der Waals surface area contributed by atoms with Crippen LogP contribution in [0.4, 0.5) is 0 Å². The molecule has 1 fully saturated rings. The molecule has 0 aliphatic carbocycles. The van der Waals surface area contributed by atoms with Crippen molar-refractivity contribution in [2.24, 2.45) is 5.92 Å². The van der Waals surface area contributed by atoms with Crippen LogP contribution in [0.3, 0.4) is 0 Å². The Labute approximate surface area is 178 Å². The van der Waals surface area contributed by atoms with Crippen LogP contribution >= 0.6 is 0 Å². The second-order valence-corrected chi connectivity index (χ2v) is 8.77. The number of nitrogens with zero attached hydrogens (tertiary/aromatic N) is 3. The number of pyridine rings is 1. The molecule has 1 unspecified atom stereocenters. The zero-order chi connectivity index (χ0) is 20.9. The molecule has 1 aromatic carbocycles. The normalized spacial score (nSPS) is 20.7. The molecule has 6 heteroatoms. The number of aromatic nitrogens is 1. The highest BCUT2D eigenvalue weighted by molar-refractivity contribution is 5.94. The van der Waals surface area contributed by atoms with Gasteiger partial charge in [0, 0.05) is 50.2 Å². The van der Waals surface area contributed by atoms with Crippen molar-refractivity contribution in [1.29, 1.82) is 0 Å². The molecule has 4 rings (SSSR count). The summed E-state index contributed by atoms with van der Waals surface area (Å²) < 4.78 is 0. The van der Waals surface area contributed by atoms with E-state index >= 15 is 0 Å². The number of nitrogens with one attached hydrogen (secondary N) is 1. The average molecular weight is 409 g/mol. The molecule has 3 heterocycles. The molecule has 2 N–H and O–H groups in total. The number of aliphatic hydroxyl groups is 1. The maximum atomic E-state index is 12.6. The van der Waals surface area contributed by atoms with Crippen molar-refractivity contribution in [3.63, 3.8) is 0 Å². The topological polar surface area (TPSA) is 68.7 Å². The molecule has 1 aromatic heterocycles. The van der Waals surface area contributed by atoms with Gasteiger partial charge in [0.25, 0.3) is 5.91 Å². The number of carbonyl (C=O) groups excluding carboxylic acids is 1. The predicted octanol–water partition coefficient (Wildman–Crippen LogP) is 1.72. The Kier molecular flexibility index (Phi) is 6.77. The SMILES string of the molecule is CN1CCC(Cc2cc(C(=O)NC[C@H](O)CN3CCc4ccccc4C3)ccn2)C1. The van der Waals surface area contributed by atoms with Gasteiger partial charge in [0.1, 0.15) is 0 Å². The van der Waals surface area contributed by atoms with Gasteiger partial charge < -0.3 is 15.3 Å². The standard InChI is InChI=1S/C24H32N4O2/c1-27-10-7-18(15-27)12-22-13-20(6-9-25-22)24(30)26-14-23(29)17-28-11-8-19-4-2-3-5-21(19)16-28/h2-6,9,13,18,23,29H,7-8,10-12,14-17H2,1H3,(H,26,30)/t18?,23-/m0/s1. The van der Waals surface area contributed by atoms with Gasteiger partial charge in [-0.05, 0) is 62.0 Å². The van der Waals surface area contributed by atoms with E-state index in [4.69, 9.17) is 0 Å². The van der Waals surface area contributed by atoms with Gasteiger partial charge in [-0.3, -0.25) is 14.7 Å². The molecular formula is C24H32N4O2. The highest BCUT2D eigenvalue weighted by atomic mass is 16.3.